The molecule has 0 bridgehead atoms. The number of ether oxygens (including phenoxy) is 1. The van der Waals surface area contributed by atoms with E-state index in [4.69, 9.17) is 4.74 Å². The number of hydrogen-bond acceptors (Lipinski definition) is 4. The van der Waals surface area contributed by atoms with Crippen LogP contribution in [0.1, 0.15) is 33.4 Å². The fourth-order valence-electron chi connectivity index (χ4n) is 2.59. The minimum atomic E-state index is -4.46. The van der Waals surface area contributed by atoms with Crippen molar-refractivity contribution in [3.63, 3.8) is 0 Å². The van der Waals surface area contributed by atoms with Gasteiger partial charge in [0.15, 0.2) is 0 Å². The van der Waals surface area contributed by atoms with Gasteiger partial charge in [0.05, 0.1) is 11.2 Å². The number of morpholine rings is 1. The molecule has 1 aliphatic rings. The highest BCUT2D eigenvalue weighted by Crippen LogP contribution is 2.32. The van der Waals surface area contributed by atoms with E-state index in [1.807, 2.05) is 27.7 Å². The van der Waals surface area contributed by atoms with Crippen LogP contribution < -0.4 is 4.90 Å². The SMILES string of the molecule is CC1(C)CN(c2nccc(C(F)(F)F)n2)CC(C)(C)O1. The van der Waals surface area contributed by atoms with Crippen LogP contribution in [0.5, 0.6) is 0 Å². The molecule has 0 aliphatic carbocycles. The number of rotatable bonds is 1. The molecule has 0 saturated carbocycles. The highest BCUT2D eigenvalue weighted by Gasteiger charge is 2.40. The second-order valence-corrected chi connectivity index (χ2v) is 6.22. The zero-order chi connectivity index (χ0) is 15.2. The minimum Gasteiger partial charge on any atom is -0.366 e. The van der Waals surface area contributed by atoms with Crippen molar-refractivity contribution in [2.24, 2.45) is 0 Å². The Kier molecular flexibility index (Phi) is 3.44. The number of halogens is 3. The molecule has 1 aliphatic heterocycles. The summed E-state index contributed by atoms with van der Waals surface area (Å²) in [5.74, 6) is 0.0873. The zero-order valence-corrected chi connectivity index (χ0v) is 12.0. The van der Waals surface area contributed by atoms with Gasteiger partial charge >= 0.3 is 6.18 Å². The van der Waals surface area contributed by atoms with Crippen LogP contribution >= 0.6 is 0 Å². The fraction of sp³-hybridized carbons (Fsp3) is 0.692. The summed E-state index contributed by atoms with van der Waals surface area (Å²) in [6.07, 6.45) is -3.32. The van der Waals surface area contributed by atoms with Gasteiger partial charge in [0.2, 0.25) is 5.95 Å². The lowest BCUT2D eigenvalue weighted by molar-refractivity contribution is -0.141. The van der Waals surface area contributed by atoms with Gasteiger partial charge < -0.3 is 9.64 Å². The molecule has 2 rings (SSSR count). The van der Waals surface area contributed by atoms with Crippen molar-refractivity contribution in [3.05, 3.63) is 18.0 Å². The zero-order valence-electron chi connectivity index (χ0n) is 12.0. The van der Waals surface area contributed by atoms with Crippen molar-refractivity contribution in [1.29, 1.82) is 0 Å². The molecule has 0 radical (unpaired) electrons. The predicted molar refractivity (Wildman–Crippen MR) is 68.5 cm³/mol. The molecular formula is C13H18F3N3O. The first-order chi connectivity index (χ1) is 8.99. The summed E-state index contributed by atoms with van der Waals surface area (Å²) in [6.45, 7) is 8.47. The maximum absolute atomic E-state index is 12.7. The third-order valence-corrected chi connectivity index (χ3v) is 2.91. The normalized spacial score (nSPS) is 21.9. The molecule has 112 valence electrons. The first-order valence-corrected chi connectivity index (χ1v) is 6.34. The summed E-state index contributed by atoms with van der Waals surface area (Å²) in [6, 6.07) is 0.875. The molecule has 1 saturated heterocycles. The third kappa shape index (κ3) is 3.39. The first-order valence-electron chi connectivity index (χ1n) is 6.34. The minimum absolute atomic E-state index is 0.0873. The highest BCUT2D eigenvalue weighted by molar-refractivity contribution is 5.33. The van der Waals surface area contributed by atoms with Crippen LogP contribution in [0.4, 0.5) is 19.1 Å². The Hall–Kier alpha value is -1.37. The third-order valence-electron chi connectivity index (χ3n) is 2.91. The van der Waals surface area contributed by atoms with Crippen molar-refractivity contribution in [1.82, 2.24) is 9.97 Å². The maximum atomic E-state index is 12.7. The molecule has 20 heavy (non-hydrogen) atoms. The van der Waals surface area contributed by atoms with E-state index in [1.54, 1.807) is 4.90 Å². The molecule has 0 N–H and O–H groups in total. The van der Waals surface area contributed by atoms with Crippen molar-refractivity contribution < 1.29 is 17.9 Å². The van der Waals surface area contributed by atoms with E-state index in [2.05, 4.69) is 9.97 Å². The Labute approximate surface area is 116 Å². The first kappa shape index (κ1) is 15.0. The molecule has 1 fully saturated rings. The van der Waals surface area contributed by atoms with E-state index >= 15 is 0 Å². The summed E-state index contributed by atoms with van der Waals surface area (Å²) in [5.41, 5.74) is -1.87. The van der Waals surface area contributed by atoms with Crippen LogP contribution in [0.3, 0.4) is 0 Å². The van der Waals surface area contributed by atoms with Crippen LogP contribution in [0.15, 0.2) is 12.3 Å². The summed E-state index contributed by atoms with van der Waals surface area (Å²) >= 11 is 0. The number of hydrogen-bond donors (Lipinski definition) is 0. The summed E-state index contributed by atoms with van der Waals surface area (Å²) in [7, 11) is 0. The lowest BCUT2D eigenvalue weighted by atomic mass is 9.99. The van der Waals surface area contributed by atoms with Crippen LogP contribution in [0, 0.1) is 0 Å². The Bertz CT molecular complexity index is 484. The van der Waals surface area contributed by atoms with E-state index in [9.17, 15) is 13.2 Å². The molecule has 0 spiro atoms. The van der Waals surface area contributed by atoms with E-state index in [0.717, 1.165) is 12.3 Å². The molecule has 0 aromatic carbocycles. The lowest BCUT2D eigenvalue weighted by Gasteiger charge is -2.47. The van der Waals surface area contributed by atoms with Crippen LogP contribution in [-0.2, 0) is 10.9 Å². The lowest BCUT2D eigenvalue weighted by Crippen LogP contribution is -2.57. The Balaban J connectivity index is 2.32. The van der Waals surface area contributed by atoms with E-state index in [0.29, 0.717) is 13.1 Å². The van der Waals surface area contributed by atoms with Crippen LogP contribution in [-0.4, -0.2) is 34.3 Å². The van der Waals surface area contributed by atoms with Crippen molar-refractivity contribution in [3.8, 4) is 0 Å². The average molecular weight is 289 g/mol. The van der Waals surface area contributed by atoms with Gasteiger partial charge in [-0.1, -0.05) is 0 Å². The van der Waals surface area contributed by atoms with E-state index in [-0.39, 0.29) is 5.95 Å². The molecule has 2 heterocycles. The summed E-state index contributed by atoms with van der Waals surface area (Å²) in [4.78, 5) is 9.33. The molecule has 7 heteroatoms. The van der Waals surface area contributed by atoms with Gasteiger partial charge in [0.1, 0.15) is 5.69 Å². The largest absolute Gasteiger partial charge is 0.433 e. The average Bonchev–Trinajstić information content (AvgIpc) is 2.24. The van der Waals surface area contributed by atoms with Crippen LogP contribution in [0.2, 0.25) is 0 Å². The molecular weight excluding hydrogens is 271 g/mol. The number of aromatic nitrogens is 2. The van der Waals surface area contributed by atoms with Crippen molar-refractivity contribution >= 4 is 5.95 Å². The molecule has 0 amide bonds. The Morgan fingerprint density at radius 1 is 1.15 bits per heavy atom. The number of anilines is 1. The Morgan fingerprint density at radius 2 is 1.70 bits per heavy atom. The quantitative estimate of drug-likeness (QED) is 0.797. The van der Waals surface area contributed by atoms with E-state index < -0.39 is 23.1 Å². The maximum Gasteiger partial charge on any atom is 0.433 e. The smallest absolute Gasteiger partial charge is 0.366 e. The predicted octanol–water partition coefficient (Wildman–Crippen LogP) is 2.89. The molecule has 4 nitrogen and oxygen atoms in total. The molecule has 1 aromatic heterocycles. The van der Waals surface area contributed by atoms with Gasteiger partial charge in [-0.05, 0) is 33.8 Å². The van der Waals surface area contributed by atoms with E-state index in [1.165, 1.54) is 0 Å². The van der Waals surface area contributed by atoms with Gasteiger partial charge in [0.25, 0.3) is 0 Å². The van der Waals surface area contributed by atoms with Gasteiger partial charge in [-0.15, -0.1) is 0 Å². The van der Waals surface area contributed by atoms with Gasteiger partial charge in [0, 0.05) is 19.3 Å². The van der Waals surface area contributed by atoms with Gasteiger partial charge in [-0.3, -0.25) is 0 Å². The molecule has 0 atom stereocenters. The fourth-order valence-corrected chi connectivity index (χ4v) is 2.59. The molecule has 0 unspecified atom stereocenters. The van der Waals surface area contributed by atoms with Gasteiger partial charge in [-0.25, -0.2) is 9.97 Å². The second kappa shape index (κ2) is 4.58. The summed E-state index contributed by atoms with van der Waals surface area (Å²) < 4.78 is 44.0. The second-order valence-electron chi connectivity index (χ2n) is 6.22. The highest BCUT2D eigenvalue weighted by atomic mass is 19.4. The van der Waals surface area contributed by atoms with Crippen molar-refractivity contribution in [2.45, 2.75) is 45.1 Å². The van der Waals surface area contributed by atoms with Gasteiger partial charge in [-0.2, -0.15) is 13.2 Å². The monoisotopic (exact) mass is 289 g/mol. The number of alkyl halides is 3. The standard InChI is InChI=1S/C13H18F3N3O/c1-11(2)7-19(8-12(3,4)20-11)10-17-6-5-9(18-10)13(14,15)16/h5-6H,7-8H2,1-4H3. The van der Waals surface area contributed by atoms with Crippen molar-refractivity contribution in [2.75, 3.05) is 18.0 Å². The topological polar surface area (TPSA) is 38.2 Å². The van der Waals surface area contributed by atoms with Crippen LogP contribution in [0.25, 0.3) is 0 Å². The molecule has 1 aromatic rings. The number of nitrogens with zero attached hydrogens (tertiary/aromatic N) is 3. The summed E-state index contributed by atoms with van der Waals surface area (Å²) in [5, 5.41) is 0. The Morgan fingerprint density at radius 3 is 2.20 bits per heavy atom.